The molecule has 9 heteroatoms. The molecular weight excluding hydrogens is 573 g/mol. The number of hydrogen-bond donors (Lipinski definition) is 0. The van der Waals surface area contributed by atoms with Gasteiger partial charge in [-0.3, -0.25) is 0 Å². The van der Waals surface area contributed by atoms with Crippen molar-refractivity contribution >= 4 is 17.9 Å². The number of benzene rings is 3. The van der Waals surface area contributed by atoms with E-state index in [0.717, 1.165) is 29.4 Å². The molecule has 0 spiro atoms. The maximum Gasteiger partial charge on any atom is 0.330 e. The fraction of sp³-hybridized carbons (Fsp3) is 0.229. The maximum atomic E-state index is 16.1. The highest BCUT2D eigenvalue weighted by Gasteiger charge is 2.27. The molecule has 0 atom stereocenters. The first-order valence-electron chi connectivity index (χ1n) is 14.0. The van der Waals surface area contributed by atoms with Gasteiger partial charge in [-0.15, -0.1) is 0 Å². The number of rotatable bonds is 16. The van der Waals surface area contributed by atoms with E-state index < -0.39 is 52.0 Å². The summed E-state index contributed by atoms with van der Waals surface area (Å²) in [5, 5.41) is 0. The van der Waals surface area contributed by atoms with E-state index in [0.29, 0.717) is 25.7 Å². The number of ether oxygens (including phenoxy) is 3. The molecule has 0 unspecified atom stereocenters. The predicted molar refractivity (Wildman–Crippen MR) is 161 cm³/mol. The van der Waals surface area contributed by atoms with Crippen LogP contribution >= 0.6 is 0 Å². The molecule has 0 bridgehead atoms. The lowest BCUT2D eigenvalue weighted by Gasteiger charge is -2.17. The van der Waals surface area contributed by atoms with E-state index in [2.05, 4.69) is 19.7 Å². The molecule has 44 heavy (non-hydrogen) atoms. The Morgan fingerprint density at radius 3 is 1.27 bits per heavy atom. The smallest absolute Gasteiger partial charge is 0.330 e. The molecule has 0 N–H and O–H groups in total. The topological polar surface area (TPSA) is 78.9 Å². The fourth-order valence-electron chi connectivity index (χ4n) is 4.45. The first-order chi connectivity index (χ1) is 21.2. The second-order valence-electron chi connectivity index (χ2n) is 9.64. The van der Waals surface area contributed by atoms with Crippen molar-refractivity contribution in [3.63, 3.8) is 0 Å². The Kier molecular flexibility index (Phi) is 12.7. The maximum absolute atomic E-state index is 16.1. The van der Waals surface area contributed by atoms with E-state index in [1.54, 1.807) is 24.3 Å². The normalized spacial score (nSPS) is 10.5. The third-order valence-electron chi connectivity index (χ3n) is 6.70. The van der Waals surface area contributed by atoms with Crippen molar-refractivity contribution in [3.8, 4) is 22.3 Å². The Labute approximate surface area is 254 Å². The van der Waals surface area contributed by atoms with Crippen LogP contribution in [0.1, 0.15) is 29.5 Å². The lowest BCUT2D eigenvalue weighted by Crippen LogP contribution is -2.10. The molecule has 0 aliphatic rings. The number of hydrogen-bond acceptors (Lipinski definition) is 6. The Balaban J connectivity index is 1.92. The van der Waals surface area contributed by atoms with Crippen molar-refractivity contribution < 1.29 is 41.8 Å². The quantitative estimate of drug-likeness (QED) is 0.0754. The van der Waals surface area contributed by atoms with Crippen molar-refractivity contribution in [1.29, 1.82) is 0 Å². The standard InChI is InChI=1S/C35H33F3O6/c1-4-28(39)42-20-7-9-23-11-15-25(16-12-23)31-33(36)27(19-22-44-30(41)6-3)34(37)32(35(31)38)26-17-13-24(14-18-26)10-8-21-43-29(40)5-2/h4-6,11-18H,1-3,7-10,19-22H2. The Bertz CT molecular complexity index is 1410. The Hall–Kier alpha value is -4.92. The van der Waals surface area contributed by atoms with Gasteiger partial charge in [-0.2, -0.15) is 0 Å². The summed E-state index contributed by atoms with van der Waals surface area (Å²) in [5.41, 5.74) is 0.832. The van der Waals surface area contributed by atoms with E-state index in [9.17, 15) is 14.4 Å². The molecule has 0 radical (unpaired) electrons. The molecule has 0 aliphatic heterocycles. The second kappa shape index (κ2) is 16.6. The van der Waals surface area contributed by atoms with Crippen LogP contribution in [0.15, 0.2) is 86.5 Å². The van der Waals surface area contributed by atoms with Gasteiger partial charge in [0, 0.05) is 30.2 Å². The van der Waals surface area contributed by atoms with E-state index in [1.165, 1.54) is 24.3 Å². The van der Waals surface area contributed by atoms with Crippen molar-refractivity contribution in [1.82, 2.24) is 0 Å². The second-order valence-corrected chi connectivity index (χ2v) is 9.64. The van der Waals surface area contributed by atoms with Gasteiger partial charge >= 0.3 is 17.9 Å². The SMILES string of the molecule is C=CC(=O)OCCCc1ccc(-c2c(F)c(CCOC(=O)C=C)c(F)c(-c3ccc(CCCOC(=O)C=C)cc3)c2F)cc1. The van der Waals surface area contributed by atoms with Crippen LogP contribution < -0.4 is 0 Å². The van der Waals surface area contributed by atoms with Gasteiger partial charge in [0.25, 0.3) is 0 Å². The van der Waals surface area contributed by atoms with Gasteiger partial charge in [0.15, 0.2) is 0 Å². The zero-order chi connectivity index (χ0) is 32.1. The van der Waals surface area contributed by atoms with Gasteiger partial charge < -0.3 is 14.2 Å². The van der Waals surface area contributed by atoms with Gasteiger partial charge in [-0.05, 0) is 47.9 Å². The number of esters is 3. The van der Waals surface area contributed by atoms with E-state index in [-0.39, 0.29) is 37.4 Å². The molecular formula is C35H33F3O6. The summed E-state index contributed by atoms with van der Waals surface area (Å²) in [6.07, 6.45) is 4.92. The molecule has 3 aromatic carbocycles. The van der Waals surface area contributed by atoms with Crippen LogP contribution in [0.5, 0.6) is 0 Å². The molecule has 230 valence electrons. The summed E-state index contributed by atoms with van der Waals surface area (Å²) in [5.74, 6) is -5.04. The molecule has 3 aromatic rings. The third-order valence-corrected chi connectivity index (χ3v) is 6.70. The highest BCUT2D eigenvalue weighted by molar-refractivity contribution is 5.82. The zero-order valence-electron chi connectivity index (χ0n) is 24.2. The molecule has 0 aliphatic carbocycles. The lowest BCUT2D eigenvalue weighted by molar-refractivity contribution is -0.138. The zero-order valence-corrected chi connectivity index (χ0v) is 24.2. The molecule has 0 saturated heterocycles. The van der Waals surface area contributed by atoms with Crippen molar-refractivity contribution in [2.24, 2.45) is 0 Å². The van der Waals surface area contributed by atoms with Crippen LogP contribution in [0, 0.1) is 17.5 Å². The average Bonchev–Trinajstić information content (AvgIpc) is 3.03. The van der Waals surface area contributed by atoms with E-state index in [1.807, 2.05) is 0 Å². The van der Waals surface area contributed by atoms with Gasteiger partial charge in [0.2, 0.25) is 0 Å². The van der Waals surface area contributed by atoms with Gasteiger partial charge in [-0.1, -0.05) is 68.3 Å². The first-order valence-corrected chi connectivity index (χ1v) is 14.0. The predicted octanol–water partition coefficient (Wildman–Crippen LogP) is 7.03. The van der Waals surface area contributed by atoms with Crippen LogP contribution in [0.25, 0.3) is 22.3 Å². The van der Waals surface area contributed by atoms with E-state index in [4.69, 9.17) is 14.2 Å². The molecule has 3 rings (SSSR count). The number of carbonyl (C=O) groups is 3. The number of aryl methyl sites for hydroxylation is 2. The van der Waals surface area contributed by atoms with Crippen LogP contribution in [-0.4, -0.2) is 37.7 Å². The van der Waals surface area contributed by atoms with Gasteiger partial charge in [0.05, 0.1) is 30.9 Å². The van der Waals surface area contributed by atoms with Crippen LogP contribution in [-0.2, 0) is 47.9 Å². The summed E-state index contributed by atoms with van der Waals surface area (Å²) in [6.45, 7) is 10.0. The molecule has 0 heterocycles. The van der Waals surface area contributed by atoms with Gasteiger partial charge in [0.1, 0.15) is 17.5 Å². The van der Waals surface area contributed by atoms with E-state index >= 15 is 13.2 Å². The highest BCUT2D eigenvalue weighted by Crippen LogP contribution is 2.38. The van der Waals surface area contributed by atoms with Gasteiger partial charge in [-0.25, -0.2) is 27.6 Å². The molecule has 6 nitrogen and oxygen atoms in total. The Morgan fingerprint density at radius 2 is 0.909 bits per heavy atom. The minimum absolute atomic E-state index is 0.193. The Morgan fingerprint density at radius 1 is 0.545 bits per heavy atom. The van der Waals surface area contributed by atoms with Crippen LogP contribution in [0.3, 0.4) is 0 Å². The summed E-state index contributed by atoms with van der Waals surface area (Å²) in [6, 6.07) is 12.9. The molecule has 0 amide bonds. The molecule has 0 saturated carbocycles. The highest BCUT2D eigenvalue weighted by atomic mass is 19.1. The summed E-state index contributed by atoms with van der Waals surface area (Å²) >= 11 is 0. The monoisotopic (exact) mass is 606 g/mol. The minimum Gasteiger partial charge on any atom is -0.463 e. The largest absolute Gasteiger partial charge is 0.463 e. The molecule has 0 fully saturated rings. The van der Waals surface area contributed by atoms with Crippen LogP contribution in [0.4, 0.5) is 13.2 Å². The van der Waals surface area contributed by atoms with Crippen molar-refractivity contribution in [3.05, 3.63) is 121 Å². The van der Waals surface area contributed by atoms with Crippen LogP contribution in [0.2, 0.25) is 0 Å². The van der Waals surface area contributed by atoms with Crippen molar-refractivity contribution in [2.75, 3.05) is 19.8 Å². The fourth-order valence-corrected chi connectivity index (χ4v) is 4.45. The first kappa shape index (κ1) is 33.6. The molecule has 0 aromatic heterocycles. The summed E-state index contributed by atoms with van der Waals surface area (Å²) < 4.78 is 62.6. The van der Waals surface area contributed by atoms with Crippen molar-refractivity contribution in [2.45, 2.75) is 32.1 Å². The lowest BCUT2D eigenvalue weighted by atomic mass is 9.91. The number of carbonyl (C=O) groups excluding carboxylic acids is 3. The summed E-state index contributed by atoms with van der Waals surface area (Å²) in [4.78, 5) is 33.9. The third kappa shape index (κ3) is 9.04. The minimum atomic E-state index is -1.09. The number of halogens is 3. The average molecular weight is 607 g/mol. The summed E-state index contributed by atoms with van der Waals surface area (Å²) in [7, 11) is 0.